The Kier molecular flexibility index (Phi) is 4.17. The summed E-state index contributed by atoms with van der Waals surface area (Å²) in [6.07, 6.45) is 2.45. The first-order valence-electron chi connectivity index (χ1n) is 6.11. The van der Waals surface area contributed by atoms with Crippen molar-refractivity contribution in [1.82, 2.24) is 4.72 Å². The van der Waals surface area contributed by atoms with E-state index in [4.69, 9.17) is 5.73 Å². The molecule has 0 heterocycles. The van der Waals surface area contributed by atoms with Crippen molar-refractivity contribution in [2.45, 2.75) is 30.2 Å². The number of halogens is 2. The van der Waals surface area contributed by atoms with Gasteiger partial charge in [-0.15, -0.1) is 0 Å². The van der Waals surface area contributed by atoms with Gasteiger partial charge in [-0.1, -0.05) is 6.42 Å². The number of benzene rings is 1. The zero-order valence-corrected chi connectivity index (χ0v) is 11.1. The summed E-state index contributed by atoms with van der Waals surface area (Å²) >= 11 is 0. The van der Waals surface area contributed by atoms with Crippen LogP contribution in [-0.2, 0) is 10.0 Å². The number of rotatable bonds is 4. The van der Waals surface area contributed by atoms with Gasteiger partial charge in [0.2, 0.25) is 10.0 Å². The van der Waals surface area contributed by atoms with Crippen molar-refractivity contribution in [2.24, 2.45) is 11.7 Å². The predicted molar refractivity (Wildman–Crippen MR) is 66.9 cm³/mol. The van der Waals surface area contributed by atoms with E-state index in [0.29, 0.717) is 19.0 Å². The molecule has 1 aliphatic rings. The third-order valence-corrected chi connectivity index (χ3v) is 4.88. The Morgan fingerprint density at radius 3 is 2.42 bits per heavy atom. The third kappa shape index (κ3) is 3.29. The van der Waals surface area contributed by atoms with Crippen molar-refractivity contribution in [2.75, 3.05) is 6.54 Å². The molecule has 19 heavy (non-hydrogen) atoms. The lowest BCUT2D eigenvalue weighted by molar-refractivity contribution is 0.452. The summed E-state index contributed by atoms with van der Waals surface area (Å²) in [7, 11) is -3.92. The second-order valence-corrected chi connectivity index (χ2v) is 6.47. The number of hydrogen-bond donors (Lipinski definition) is 2. The van der Waals surface area contributed by atoms with Crippen molar-refractivity contribution in [3.05, 3.63) is 29.8 Å². The van der Waals surface area contributed by atoms with Gasteiger partial charge in [-0.05, 0) is 37.4 Å². The minimum Gasteiger partial charge on any atom is -0.330 e. The Balaban J connectivity index is 2.22. The minimum atomic E-state index is -3.92. The van der Waals surface area contributed by atoms with Crippen LogP contribution in [0.3, 0.4) is 0 Å². The van der Waals surface area contributed by atoms with E-state index in [1.807, 2.05) is 0 Å². The molecular weight excluding hydrogens is 274 g/mol. The molecule has 0 bridgehead atoms. The highest BCUT2D eigenvalue weighted by atomic mass is 32.2. The van der Waals surface area contributed by atoms with E-state index in [1.54, 1.807) is 0 Å². The van der Waals surface area contributed by atoms with Gasteiger partial charge in [-0.25, -0.2) is 21.9 Å². The minimum absolute atomic E-state index is 0.0770. The monoisotopic (exact) mass is 290 g/mol. The largest absolute Gasteiger partial charge is 0.330 e. The van der Waals surface area contributed by atoms with Crippen LogP contribution in [0.5, 0.6) is 0 Å². The van der Waals surface area contributed by atoms with Crippen molar-refractivity contribution >= 4 is 10.0 Å². The number of hydrogen-bond acceptors (Lipinski definition) is 3. The molecule has 7 heteroatoms. The third-order valence-electron chi connectivity index (χ3n) is 3.41. The molecule has 1 aromatic rings. The molecule has 2 atom stereocenters. The summed E-state index contributed by atoms with van der Waals surface area (Å²) < 4.78 is 52.7. The molecule has 1 aromatic carbocycles. The zero-order valence-electron chi connectivity index (χ0n) is 10.3. The Hall–Kier alpha value is -1.05. The van der Waals surface area contributed by atoms with Crippen LogP contribution in [0.2, 0.25) is 0 Å². The molecule has 0 amide bonds. The smallest absolute Gasteiger partial charge is 0.241 e. The molecule has 0 unspecified atom stereocenters. The van der Waals surface area contributed by atoms with E-state index < -0.39 is 26.6 Å². The van der Waals surface area contributed by atoms with Gasteiger partial charge in [0, 0.05) is 12.1 Å². The fourth-order valence-corrected chi connectivity index (χ4v) is 3.81. The molecule has 1 aliphatic carbocycles. The van der Waals surface area contributed by atoms with Crippen LogP contribution in [0.1, 0.15) is 19.3 Å². The first-order chi connectivity index (χ1) is 8.92. The van der Waals surface area contributed by atoms with Gasteiger partial charge in [0.05, 0.1) is 4.90 Å². The zero-order chi connectivity index (χ0) is 14.0. The van der Waals surface area contributed by atoms with E-state index in [9.17, 15) is 17.2 Å². The van der Waals surface area contributed by atoms with Gasteiger partial charge in [-0.2, -0.15) is 0 Å². The average molecular weight is 290 g/mol. The first-order valence-corrected chi connectivity index (χ1v) is 7.59. The highest BCUT2D eigenvalue weighted by Crippen LogP contribution is 2.26. The van der Waals surface area contributed by atoms with Gasteiger partial charge >= 0.3 is 0 Å². The van der Waals surface area contributed by atoms with Crippen LogP contribution in [0.25, 0.3) is 0 Å². The highest BCUT2D eigenvalue weighted by molar-refractivity contribution is 7.89. The number of sulfonamides is 1. The van der Waals surface area contributed by atoms with E-state index in [0.717, 1.165) is 25.0 Å². The molecule has 1 saturated carbocycles. The van der Waals surface area contributed by atoms with Crippen LogP contribution in [0.15, 0.2) is 23.1 Å². The maximum absolute atomic E-state index is 13.1. The van der Waals surface area contributed by atoms with Crippen molar-refractivity contribution in [1.29, 1.82) is 0 Å². The standard InChI is InChI=1S/C12H16F2N2O2S/c13-9-4-10(14)6-11(5-9)19(17,18)16-12-3-1-2-8(12)7-15/h4-6,8,12,16H,1-3,7,15H2/t8-,12+/m0/s1. The Morgan fingerprint density at radius 1 is 1.21 bits per heavy atom. The SMILES string of the molecule is NC[C@@H]1CCC[C@H]1NS(=O)(=O)c1cc(F)cc(F)c1. The van der Waals surface area contributed by atoms with Gasteiger partial charge in [0.1, 0.15) is 11.6 Å². The van der Waals surface area contributed by atoms with Gasteiger partial charge < -0.3 is 5.73 Å². The molecule has 0 aliphatic heterocycles. The lowest BCUT2D eigenvalue weighted by Crippen LogP contribution is -2.39. The fourth-order valence-electron chi connectivity index (χ4n) is 2.43. The maximum atomic E-state index is 13.1. The molecule has 0 saturated heterocycles. The number of nitrogens with one attached hydrogen (secondary N) is 1. The summed E-state index contributed by atoms with van der Waals surface area (Å²) in [6, 6.07) is 1.98. The Morgan fingerprint density at radius 2 is 1.84 bits per heavy atom. The van der Waals surface area contributed by atoms with Gasteiger partial charge in [-0.3, -0.25) is 0 Å². The van der Waals surface area contributed by atoms with Crippen LogP contribution in [0, 0.1) is 17.6 Å². The molecule has 0 radical (unpaired) electrons. The summed E-state index contributed by atoms with van der Waals surface area (Å²) in [5.41, 5.74) is 5.58. The quantitative estimate of drug-likeness (QED) is 0.879. The van der Waals surface area contributed by atoms with E-state index >= 15 is 0 Å². The van der Waals surface area contributed by atoms with Gasteiger partial charge in [0.15, 0.2) is 0 Å². The Bertz CT molecular complexity index is 543. The average Bonchev–Trinajstić information content (AvgIpc) is 2.74. The molecule has 106 valence electrons. The normalized spacial score (nSPS) is 23.7. The lowest BCUT2D eigenvalue weighted by atomic mass is 10.1. The first kappa shape index (κ1) is 14.4. The molecular formula is C12H16F2N2O2S. The molecule has 4 nitrogen and oxygen atoms in total. The molecule has 3 N–H and O–H groups in total. The second kappa shape index (κ2) is 5.52. The number of nitrogens with two attached hydrogens (primary N) is 1. The Labute approximate surface area is 111 Å². The highest BCUT2D eigenvalue weighted by Gasteiger charge is 2.30. The van der Waals surface area contributed by atoms with Crippen LogP contribution < -0.4 is 10.5 Å². The van der Waals surface area contributed by atoms with Crippen molar-refractivity contribution in [3.8, 4) is 0 Å². The molecule has 1 fully saturated rings. The van der Waals surface area contributed by atoms with E-state index in [2.05, 4.69) is 4.72 Å². The van der Waals surface area contributed by atoms with E-state index in [-0.39, 0.29) is 12.0 Å². The van der Waals surface area contributed by atoms with Crippen molar-refractivity contribution in [3.63, 3.8) is 0 Å². The lowest BCUT2D eigenvalue weighted by Gasteiger charge is -2.19. The summed E-state index contributed by atoms with van der Waals surface area (Å²) in [4.78, 5) is -0.396. The fraction of sp³-hybridized carbons (Fsp3) is 0.500. The molecule has 0 aromatic heterocycles. The van der Waals surface area contributed by atoms with Crippen molar-refractivity contribution < 1.29 is 17.2 Å². The molecule has 2 rings (SSSR count). The topological polar surface area (TPSA) is 72.2 Å². The predicted octanol–water partition coefficient (Wildman–Crippen LogP) is 1.37. The second-order valence-electron chi connectivity index (χ2n) is 4.76. The van der Waals surface area contributed by atoms with E-state index in [1.165, 1.54) is 0 Å². The summed E-state index contributed by atoms with van der Waals surface area (Å²) in [5.74, 6) is -1.75. The van der Waals surface area contributed by atoms with Crippen LogP contribution >= 0.6 is 0 Å². The molecule has 0 spiro atoms. The van der Waals surface area contributed by atoms with Crippen LogP contribution in [0.4, 0.5) is 8.78 Å². The van der Waals surface area contributed by atoms with Gasteiger partial charge in [0.25, 0.3) is 0 Å². The summed E-state index contributed by atoms with van der Waals surface area (Å²) in [6.45, 7) is 0.394. The van der Waals surface area contributed by atoms with Crippen LogP contribution in [-0.4, -0.2) is 21.0 Å². The maximum Gasteiger partial charge on any atom is 0.241 e. The summed E-state index contributed by atoms with van der Waals surface area (Å²) in [5, 5.41) is 0.